The SMILES string of the molecule is CNCC(=O)N1CCC(n2ncc(C(=O)N3CC[C@@H](c4ccccc4C(F)(F)F)C3)c2C2CC2)CC1. The maximum absolute atomic E-state index is 13.6. The maximum atomic E-state index is 13.6. The van der Waals surface area contributed by atoms with Gasteiger partial charge in [0, 0.05) is 38.0 Å². The van der Waals surface area contributed by atoms with Crippen molar-refractivity contribution in [2.75, 3.05) is 39.8 Å². The maximum Gasteiger partial charge on any atom is 0.416 e. The number of benzene rings is 1. The highest BCUT2D eigenvalue weighted by molar-refractivity contribution is 5.95. The molecule has 194 valence electrons. The van der Waals surface area contributed by atoms with Crippen molar-refractivity contribution in [3.63, 3.8) is 0 Å². The van der Waals surface area contributed by atoms with Crippen LogP contribution in [0.4, 0.5) is 13.2 Å². The molecule has 1 atom stereocenters. The van der Waals surface area contributed by atoms with Crippen LogP contribution in [0.25, 0.3) is 0 Å². The number of nitrogens with one attached hydrogen (secondary N) is 1. The molecule has 10 heteroatoms. The van der Waals surface area contributed by atoms with Crippen LogP contribution in [0.15, 0.2) is 30.5 Å². The number of carbonyl (C=O) groups is 2. The minimum atomic E-state index is -4.42. The molecule has 3 heterocycles. The second-order valence-electron chi connectivity index (χ2n) is 10.1. The number of likely N-dealkylation sites (N-methyl/N-ethyl adjacent to an activating group) is 1. The number of piperidine rings is 1. The van der Waals surface area contributed by atoms with Crippen molar-refractivity contribution in [2.45, 2.75) is 56.2 Å². The van der Waals surface area contributed by atoms with Crippen LogP contribution >= 0.6 is 0 Å². The molecule has 36 heavy (non-hydrogen) atoms. The van der Waals surface area contributed by atoms with Gasteiger partial charge in [0.15, 0.2) is 0 Å². The van der Waals surface area contributed by atoms with Gasteiger partial charge in [-0.2, -0.15) is 18.3 Å². The third-order valence-electron chi connectivity index (χ3n) is 7.70. The van der Waals surface area contributed by atoms with E-state index in [2.05, 4.69) is 10.4 Å². The van der Waals surface area contributed by atoms with Crippen molar-refractivity contribution in [2.24, 2.45) is 0 Å². The standard InChI is InChI=1S/C26H32F3N5O2/c1-30-15-23(35)32-12-9-19(10-13-32)34-24(17-6-7-17)21(14-31-34)25(36)33-11-8-18(16-33)20-4-2-3-5-22(20)26(27,28)29/h2-5,14,17-19,30H,6-13,15-16H2,1H3/t18-/m1/s1. The van der Waals surface area contributed by atoms with E-state index in [1.54, 1.807) is 24.2 Å². The first-order valence-electron chi connectivity index (χ1n) is 12.7. The molecule has 0 radical (unpaired) electrons. The van der Waals surface area contributed by atoms with Gasteiger partial charge in [-0.3, -0.25) is 14.3 Å². The summed E-state index contributed by atoms with van der Waals surface area (Å²) in [5.74, 6) is -0.104. The summed E-state index contributed by atoms with van der Waals surface area (Å²) in [5, 5.41) is 7.53. The Labute approximate surface area is 208 Å². The first-order valence-corrected chi connectivity index (χ1v) is 12.7. The van der Waals surface area contributed by atoms with Crippen LogP contribution in [0.3, 0.4) is 0 Å². The fraction of sp³-hybridized carbons (Fsp3) is 0.577. The predicted octanol–water partition coefficient (Wildman–Crippen LogP) is 3.79. The number of halogens is 3. The Bertz CT molecular complexity index is 1120. The van der Waals surface area contributed by atoms with Crippen LogP contribution in [-0.2, 0) is 11.0 Å². The number of hydrogen-bond donors (Lipinski definition) is 1. The highest BCUT2D eigenvalue weighted by Crippen LogP contribution is 2.44. The summed E-state index contributed by atoms with van der Waals surface area (Å²) < 4.78 is 42.6. The molecule has 1 saturated carbocycles. The van der Waals surface area contributed by atoms with E-state index >= 15 is 0 Å². The van der Waals surface area contributed by atoms with E-state index in [1.165, 1.54) is 12.1 Å². The minimum Gasteiger partial charge on any atom is -0.341 e. The molecule has 1 aromatic heterocycles. The lowest BCUT2D eigenvalue weighted by molar-refractivity contribution is -0.138. The van der Waals surface area contributed by atoms with Crippen LogP contribution in [0, 0.1) is 0 Å². The number of nitrogens with zero attached hydrogens (tertiary/aromatic N) is 4. The third kappa shape index (κ3) is 4.87. The van der Waals surface area contributed by atoms with Crippen molar-refractivity contribution in [3.05, 3.63) is 52.8 Å². The summed E-state index contributed by atoms with van der Waals surface area (Å²) in [5.41, 5.74) is 1.18. The third-order valence-corrected chi connectivity index (χ3v) is 7.70. The van der Waals surface area contributed by atoms with E-state index in [1.807, 2.05) is 9.58 Å². The molecule has 0 bridgehead atoms. The van der Waals surface area contributed by atoms with E-state index < -0.39 is 11.7 Å². The van der Waals surface area contributed by atoms with Crippen molar-refractivity contribution in [1.82, 2.24) is 24.9 Å². The predicted molar refractivity (Wildman–Crippen MR) is 128 cm³/mol. The second kappa shape index (κ2) is 9.88. The molecule has 2 amide bonds. The van der Waals surface area contributed by atoms with Gasteiger partial charge in [-0.1, -0.05) is 18.2 Å². The van der Waals surface area contributed by atoms with Gasteiger partial charge in [-0.15, -0.1) is 0 Å². The molecule has 5 rings (SSSR count). The number of hydrogen-bond acceptors (Lipinski definition) is 4. The normalized spacial score (nSPS) is 21.3. The minimum absolute atomic E-state index is 0.0883. The van der Waals surface area contributed by atoms with Crippen molar-refractivity contribution >= 4 is 11.8 Å². The number of alkyl halides is 3. The van der Waals surface area contributed by atoms with Crippen LogP contribution < -0.4 is 5.32 Å². The quantitative estimate of drug-likeness (QED) is 0.651. The van der Waals surface area contributed by atoms with E-state index in [-0.39, 0.29) is 35.9 Å². The molecule has 7 nitrogen and oxygen atoms in total. The second-order valence-corrected chi connectivity index (χ2v) is 10.1. The van der Waals surface area contributed by atoms with Gasteiger partial charge in [-0.05, 0) is 50.8 Å². The van der Waals surface area contributed by atoms with Gasteiger partial charge in [0.25, 0.3) is 5.91 Å². The van der Waals surface area contributed by atoms with Gasteiger partial charge in [0.2, 0.25) is 5.91 Å². The first kappa shape index (κ1) is 24.8. The Morgan fingerprint density at radius 1 is 1.00 bits per heavy atom. The lowest BCUT2D eigenvalue weighted by atomic mass is 9.93. The summed E-state index contributed by atoms with van der Waals surface area (Å²) in [4.78, 5) is 29.3. The summed E-state index contributed by atoms with van der Waals surface area (Å²) >= 11 is 0. The average Bonchev–Trinajstić information content (AvgIpc) is 3.41. The molecule has 3 fully saturated rings. The van der Waals surface area contributed by atoms with Crippen molar-refractivity contribution < 1.29 is 22.8 Å². The van der Waals surface area contributed by atoms with Gasteiger partial charge >= 0.3 is 6.18 Å². The van der Waals surface area contributed by atoms with Crippen LogP contribution in [-0.4, -0.2) is 71.2 Å². The average molecular weight is 504 g/mol. The molecular weight excluding hydrogens is 471 g/mol. The summed E-state index contributed by atoms with van der Waals surface area (Å²) in [6.07, 6.45) is 1.31. The largest absolute Gasteiger partial charge is 0.416 e. The molecule has 1 aromatic carbocycles. The smallest absolute Gasteiger partial charge is 0.341 e. The highest BCUT2D eigenvalue weighted by atomic mass is 19.4. The molecule has 0 unspecified atom stereocenters. The summed E-state index contributed by atoms with van der Waals surface area (Å²) in [6.45, 7) is 2.34. The lowest BCUT2D eigenvalue weighted by Crippen LogP contribution is -2.43. The number of rotatable bonds is 6. The van der Waals surface area contributed by atoms with Gasteiger partial charge in [-0.25, -0.2) is 0 Å². The zero-order chi connectivity index (χ0) is 25.4. The van der Waals surface area contributed by atoms with Crippen molar-refractivity contribution in [3.8, 4) is 0 Å². The van der Waals surface area contributed by atoms with Crippen molar-refractivity contribution in [1.29, 1.82) is 0 Å². The molecule has 1 aliphatic carbocycles. The topological polar surface area (TPSA) is 70.5 Å². The molecular formula is C26H32F3N5O2. The first-order chi connectivity index (χ1) is 17.3. The van der Waals surface area contributed by atoms with E-state index in [0.717, 1.165) is 37.4 Å². The monoisotopic (exact) mass is 503 g/mol. The lowest BCUT2D eigenvalue weighted by Gasteiger charge is -2.33. The Hall–Kier alpha value is -2.88. The number of amides is 2. The zero-order valence-electron chi connectivity index (χ0n) is 20.4. The van der Waals surface area contributed by atoms with Gasteiger partial charge < -0.3 is 15.1 Å². The molecule has 3 aliphatic rings. The highest BCUT2D eigenvalue weighted by Gasteiger charge is 2.40. The summed E-state index contributed by atoms with van der Waals surface area (Å²) in [6, 6.07) is 5.81. The van der Waals surface area contributed by atoms with Crippen LogP contribution in [0.2, 0.25) is 0 Å². The molecule has 2 aliphatic heterocycles. The fourth-order valence-corrected chi connectivity index (χ4v) is 5.69. The molecule has 2 saturated heterocycles. The number of aromatic nitrogens is 2. The van der Waals surface area contributed by atoms with E-state index in [4.69, 9.17) is 0 Å². The van der Waals surface area contributed by atoms with Crippen LogP contribution in [0.5, 0.6) is 0 Å². The Kier molecular flexibility index (Phi) is 6.80. The Balaban J connectivity index is 1.31. The van der Waals surface area contributed by atoms with Gasteiger partial charge in [0.05, 0.1) is 35.6 Å². The Morgan fingerprint density at radius 3 is 2.36 bits per heavy atom. The Morgan fingerprint density at radius 2 is 1.69 bits per heavy atom. The van der Waals surface area contributed by atoms with Crippen LogP contribution in [0.1, 0.15) is 77.2 Å². The van der Waals surface area contributed by atoms with E-state index in [0.29, 0.717) is 44.1 Å². The zero-order valence-corrected chi connectivity index (χ0v) is 20.4. The molecule has 1 N–H and O–H groups in total. The molecule has 0 spiro atoms. The fourth-order valence-electron chi connectivity index (χ4n) is 5.69. The van der Waals surface area contributed by atoms with Gasteiger partial charge in [0.1, 0.15) is 0 Å². The number of carbonyl (C=O) groups excluding carboxylic acids is 2. The number of likely N-dealkylation sites (tertiary alicyclic amines) is 2. The van der Waals surface area contributed by atoms with E-state index in [9.17, 15) is 22.8 Å². The molecule has 2 aromatic rings. The summed E-state index contributed by atoms with van der Waals surface area (Å²) in [7, 11) is 1.76.